The Morgan fingerprint density at radius 3 is 2.47 bits per heavy atom. The van der Waals surface area contributed by atoms with Gasteiger partial charge < -0.3 is 30.6 Å². The molecule has 0 fully saturated rings. The highest BCUT2D eigenvalue weighted by molar-refractivity contribution is 6.23. The first-order valence-corrected chi connectivity index (χ1v) is 9.76. The quantitative estimate of drug-likeness (QED) is 0.459. The van der Waals surface area contributed by atoms with Gasteiger partial charge in [-0.25, -0.2) is 9.59 Å². The van der Waals surface area contributed by atoms with Crippen molar-refractivity contribution in [2.45, 2.75) is 19.3 Å². The summed E-state index contributed by atoms with van der Waals surface area (Å²) in [6, 6.07) is 6.39. The molecule has 1 spiro atoms. The highest BCUT2D eigenvalue weighted by Crippen LogP contribution is 2.54. The Balaban J connectivity index is 2.39. The number of carbonyl (C=O) groups is 4. The van der Waals surface area contributed by atoms with E-state index >= 15 is 0 Å². The Morgan fingerprint density at radius 1 is 1.19 bits per heavy atom. The molecule has 168 valence electrons. The van der Waals surface area contributed by atoms with E-state index in [1.54, 1.807) is 31.2 Å². The van der Waals surface area contributed by atoms with E-state index in [0.29, 0.717) is 0 Å². The lowest BCUT2D eigenvalue weighted by atomic mass is 9.67. The number of amides is 2. The molecule has 2 aliphatic heterocycles. The first kappa shape index (κ1) is 22.6. The van der Waals surface area contributed by atoms with Gasteiger partial charge in [-0.15, -0.1) is 0 Å². The average molecular weight is 441 g/mol. The predicted octanol–water partition coefficient (Wildman–Crippen LogP) is 0.523. The largest absolute Gasteiger partial charge is 0.462 e. The molecule has 1 aromatic carbocycles. The highest BCUT2D eigenvalue weighted by atomic mass is 16.5. The van der Waals surface area contributed by atoms with Gasteiger partial charge in [0.2, 0.25) is 17.7 Å². The minimum Gasteiger partial charge on any atom is -0.462 e. The van der Waals surface area contributed by atoms with Crippen molar-refractivity contribution in [2.75, 3.05) is 24.7 Å². The fraction of sp³-hybridized carbons (Fsp3) is 0.273. The van der Waals surface area contributed by atoms with Crippen LogP contribution in [0.1, 0.15) is 19.4 Å². The number of para-hydroxylation sites is 1. The molecule has 0 aromatic heterocycles. The minimum atomic E-state index is -2.05. The van der Waals surface area contributed by atoms with Gasteiger partial charge in [-0.1, -0.05) is 30.9 Å². The number of esters is 2. The number of ether oxygens (including phenoxy) is 3. The van der Waals surface area contributed by atoms with Crippen LogP contribution < -0.4 is 16.4 Å². The molecule has 32 heavy (non-hydrogen) atoms. The van der Waals surface area contributed by atoms with Gasteiger partial charge in [0.05, 0.1) is 6.61 Å². The first-order valence-electron chi connectivity index (χ1n) is 9.76. The van der Waals surface area contributed by atoms with Crippen molar-refractivity contribution in [2.24, 2.45) is 11.5 Å². The summed E-state index contributed by atoms with van der Waals surface area (Å²) >= 11 is 0. The molecule has 0 saturated heterocycles. The molecule has 1 atom stereocenters. The molecule has 2 heterocycles. The van der Waals surface area contributed by atoms with Gasteiger partial charge in [0.25, 0.3) is 0 Å². The zero-order chi connectivity index (χ0) is 23.6. The van der Waals surface area contributed by atoms with Crippen molar-refractivity contribution in [3.8, 4) is 0 Å². The second kappa shape index (κ2) is 8.58. The fourth-order valence-electron chi connectivity index (χ4n) is 4.05. The van der Waals surface area contributed by atoms with Crippen molar-refractivity contribution < 1.29 is 33.4 Å². The van der Waals surface area contributed by atoms with Crippen LogP contribution in [0.25, 0.3) is 0 Å². The van der Waals surface area contributed by atoms with Crippen LogP contribution in [0.5, 0.6) is 0 Å². The Bertz CT molecular complexity index is 1090. The smallest absolute Gasteiger partial charge is 0.341 e. The SMILES string of the molecule is C=CCOC(=O)C1=C(C)OC(N)=C(C(=O)OCC)[C@]12C(=O)N(CC(N)=O)c1ccccc12. The minimum absolute atomic E-state index is 0.0224. The third kappa shape index (κ3) is 3.29. The number of fused-ring (bicyclic) bond motifs is 2. The molecular weight excluding hydrogens is 418 g/mol. The number of benzene rings is 1. The van der Waals surface area contributed by atoms with Crippen molar-refractivity contribution in [1.29, 1.82) is 0 Å². The van der Waals surface area contributed by atoms with Gasteiger partial charge in [-0.2, -0.15) is 0 Å². The van der Waals surface area contributed by atoms with Crippen molar-refractivity contribution in [3.63, 3.8) is 0 Å². The molecule has 4 N–H and O–H groups in total. The Morgan fingerprint density at radius 2 is 1.84 bits per heavy atom. The van der Waals surface area contributed by atoms with Crippen LogP contribution in [0.4, 0.5) is 5.69 Å². The summed E-state index contributed by atoms with van der Waals surface area (Å²) in [6.07, 6.45) is 1.35. The highest BCUT2D eigenvalue weighted by Gasteiger charge is 2.64. The molecule has 0 radical (unpaired) electrons. The van der Waals surface area contributed by atoms with E-state index in [-0.39, 0.29) is 41.4 Å². The van der Waals surface area contributed by atoms with Crippen molar-refractivity contribution >= 4 is 29.4 Å². The maximum Gasteiger partial charge on any atom is 0.341 e. The van der Waals surface area contributed by atoms with Crippen molar-refractivity contribution in [3.05, 3.63) is 65.3 Å². The molecule has 10 heteroatoms. The van der Waals surface area contributed by atoms with Gasteiger partial charge >= 0.3 is 11.9 Å². The number of hydrogen-bond acceptors (Lipinski definition) is 8. The van der Waals surface area contributed by atoms with E-state index in [2.05, 4.69) is 6.58 Å². The number of hydrogen-bond donors (Lipinski definition) is 2. The molecule has 0 saturated carbocycles. The average Bonchev–Trinajstić information content (AvgIpc) is 2.95. The van der Waals surface area contributed by atoms with E-state index in [9.17, 15) is 19.2 Å². The standard InChI is InChI=1S/C22H23N3O7/c1-4-10-31-19(27)16-12(3)32-18(24)17(20(28)30-5-2)22(16)13-8-6-7-9-14(13)25(21(22)29)11-15(23)26/h4,6-9H,1,5,10-11,24H2,2-3H3,(H2,23,26)/t22-/m1/s1. The molecule has 0 bridgehead atoms. The van der Waals surface area contributed by atoms with E-state index in [0.717, 1.165) is 4.90 Å². The van der Waals surface area contributed by atoms with E-state index in [1.165, 1.54) is 13.0 Å². The van der Waals surface area contributed by atoms with Gasteiger partial charge in [0, 0.05) is 11.3 Å². The van der Waals surface area contributed by atoms with Crippen LogP contribution in [0.2, 0.25) is 0 Å². The Hall–Kier alpha value is -4.08. The summed E-state index contributed by atoms with van der Waals surface area (Å²) in [5, 5.41) is 0. The van der Waals surface area contributed by atoms with Gasteiger partial charge in [0.1, 0.15) is 35.5 Å². The molecule has 0 aliphatic carbocycles. The fourth-order valence-corrected chi connectivity index (χ4v) is 4.05. The lowest BCUT2D eigenvalue weighted by molar-refractivity contribution is -0.143. The molecule has 10 nitrogen and oxygen atoms in total. The monoisotopic (exact) mass is 441 g/mol. The summed E-state index contributed by atoms with van der Waals surface area (Å²) in [6.45, 7) is 5.85. The number of nitrogens with two attached hydrogens (primary N) is 2. The van der Waals surface area contributed by atoms with Gasteiger partial charge in [-0.3, -0.25) is 9.59 Å². The summed E-state index contributed by atoms with van der Waals surface area (Å²) in [5.74, 6) is -3.87. The maximum absolute atomic E-state index is 14.0. The lowest BCUT2D eigenvalue weighted by Crippen LogP contribution is -2.52. The summed E-state index contributed by atoms with van der Waals surface area (Å²) < 4.78 is 15.9. The summed E-state index contributed by atoms with van der Waals surface area (Å²) in [5.41, 5.74) is 9.29. The first-order chi connectivity index (χ1) is 15.2. The van der Waals surface area contributed by atoms with Crippen LogP contribution in [0, 0.1) is 0 Å². The van der Waals surface area contributed by atoms with Crippen LogP contribution in [0.3, 0.4) is 0 Å². The molecule has 1 aromatic rings. The summed E-state index contributed by atoms with van der Waals surface area (Å²) in [7, 11) is 0. The molecule has 2 aliphatic rings. The molecular formula is C22H23N3O7. The van der Waals surface area contributed by atoms with Crippen LogP contribution >= 0.6 is 0 Å². The maximum atomic E-state index is 14.0. The molecule has 3 rings (SSSR count). The number of nitrogens with zero attached hydrogens (tertiary/aromatic N) is 1. The summed E-state index contributed by atoms with van der Waals surface area (Å²) in [4.78, 5) is 53.0. The predicted molar refractivity (Wildman–Crippen MR) is 112 cm³/mol. The van der Waals surface area contributed by atoms with Gasteiger partial charge in [0.15, 0.2) is 0 Å². The van der Waals surface area contributed by atoms with Gasteiger partial charge in [-0.05, 0) is 19.9 Å². The van der Waals surface area contributed by atoms with Crippen molar-refractivity contribution in [1.82, 2.24) is 0 Å². The topological polar surface area (TPSA) is 151 Å². The van der Waals surface area contributed by atoms with Crippen LogP contribution in [0.15, 0.2) is 59.7 Å². The second-order valence-electron chi connectivity index (χ2n) is 7.00. The third-order valence-corrected chi connectivity index (χ3v) is 5.11. The molecule has 2 amide bonds. The molecule has 0 unspecified atom stereocenters. The number of primary amides is 1. The normalized spacial score (nSPS) is 19.6. The van der Waals surface area contributed by atoms with E-state index < -0.39 is 41.6 Å². The number of anilines is 1. The third-order valence-electron chi connectivity index (χ3n) is 5.11. The zero-order valence-electron chi connectivity index (χ0n) is 17.7. The van der Waals surface area contributed by atoms with Crippen LogP contribution in [-0.4, -0.2) is 43.5 Å². The zero-order valence-corrected chi connectivity index (χ0v) is 17.7. The second-order valence-corrected chi connectivity index (χ2v) is 7.00. The Labute approximate surface area is 184 Å². The lowest BCUT2D eigenvalue weighted by Gasteiger charge is -2.36. The van der Waals surface area contributed by atoms with E-state index in [1.807, 2.05) is 0 Å². The van der Waals surface area contributed by atoms with E-state index in [4.69, 9.17) is 25.7 Å². The van der Waals surface area contributed by atoms with Crippen LogP contribution in [-0.2, 0) is 38.8 Å². The Kier molecular flexibility index (Phi) is 6.06. The number of carbonyl (C=O) groups excluding carboxylic acids is 4. The number of allylic oxidation sites excluding steroid dienone is 1. The number of rotatable bonds is 7.